The molecule has 1 aromatic carbocycles. The largest absolute Gasteiger partial charge is 0.352 e. The Hall–Kier alpha value is -2.16. The van der Waals surface area contributed by atoms with Gasteiger partial charge in [-0.15, -0.1) is 0 Å². The predicted molar refractivity (Wildman–Crippen MR) is 140 cm³/mol. The van der Waals surface area contributed by atoms with Gasteiger partial charge < -0.3 is 19.1 Å². The van der Waals surface area contributed by atoms with Crippen LogP contribution in [-0.4, -0.2) is 50.5 Å². The molecule has 1 aliphatic carbocycles. The molecule has 2 aromatic rings. The first-order valence-corrected chi connectivity index (χ1v) is 14.5. The smallest absolute Gasteiger partial charge is 0.351 e. The Balaban J connectivity index is 1.16. The van der Waals surface area contributed by atoms with E-state index in [4.69, 9.17) is 13.8 Å². The highest BCUT2D eigenvalue weighted by molar-refractivity contribution is 7.45. The topological polar surface area (TPSA) is 94.9 Å². The minimum Gasteiger partial charge on any atom is -0.352 e. The number of amides is 1. The van der Waals surface area contributed by atoms with E-state index in [1.54, 1.807) is 26.1 Å². The predicted octanol–water partition coefficient (Wildman–Crippen LogP) is 4.18. The number of ether oxygens (including phenoxy) is 1. The molecule has 0 bridgehead atoms. The van der Waals surface area contributed by atoms with Gasteiger partial charge in [0.2, 0.25) is 5.91 Å². The lowest BCUT2D eigenvalue weighted by Crippen LogP contribution is -2.42. The maximum Gasteiger partial charge on any atom is 0.351 e. The van der Waals surface area contributed by atoms with Crippen LogP contribution < -0.4 is 11.0 Å². The molecule has 198 valence electrons. The van der Waals surface area contributed by atoms with Gasteiger partial charge in [-0.3, -0.25) is 9.36 Å². The van der Waals surface area contributed by atoms with Crippen LogP contribution in [0.1, 0.15) is 63.8 Å². The van der Waals surface area contributed by atoms with Crippen molar-refractivity contribution in [2.75, 3.05) is 11.9 Å². The highest BCUT2D eigenvalue weighted by atomic mass is 31.2. The Bertz CT molecular complexity index is 1210. The second-order valence-corrected chi connectivity index (χ2v) is 12.3. The van der Waals surface area contributed by atoms with Gasteiger partial charge in [0.05, 0.1) is 12.2 Å². The number of fused-ring (bicyclic) bond motifs is 3. The quantitative estimate of drug-likeness (QED) is 0.565. The molecule has 5 atom stereocenters. The van der Waals surface area contributed by atoms with Crippen molar-refractivity contribution in [3.05, 3.63) is 58.1 Å². The maximum absolute atomic E-state index is 12.8. The minimum atomic E-state index is -1.21. The summed E-state index contributed by atoms with van der Waals surface area (Å²) in [7, 11) is -1.21. The molecule has 37 heavy (non-hydrogen) atoms. The van der Waals surface area contributed by atoms with Gasteiger partial charge in [-0.25, -0.2) is 9.46 Å². The molecular formula is C27H35N4O5P. The summed E-state index contributed by atoms with van der Waals surface area (Å²) in [4.78, 5) is 28.8. The average molecular weight is 527 g/mol. The highest BCUT2D eigenvalue weighted by Gasteiger charge is 2.59. The Morgan fingerprint density at radius 2 is 2.03 bits per heavy atom. The minimum absolute atomic E-state index is 0.137. The van der Waals surface area contributed by atoms with Crippen molar-refractivity contribution in [2.45, 2.75) is 89.4 Å². The molecule has 4 aliphatic rings. The van der Waals surface area contributed by atoms with Crippen LogP contribution in [0, 0.1) is 5.92 Å². The summed E-state index contributed by atoms with van der Waals surface area (Å²) in [5.41, 5.74) is 2.12. The van der Waals surface area contributed by atoms with Gasteiger partial charge in [-0.1, -0.05) is 45.0 Å². The first-order chi connectivity index (χ1) is 17.9. The molecule has 9 nitrogen and oxygen atoms in total. The second-order valence-electron chi connectivity index (χ2n) is 10.9. The van der Waals surface area contributed by atoms with Gasteiger partial charge in [-0.2, -0.15) is 4.98 Å². The number of anilines is 1. The number of carbonyl (C=O) groups is 1. The number of benzene rings is 1. The molecule has 1 spiro atoms. The molecule has 6 rings (SSSR count). The lowest BCUT2D eigenvalue weighted by atomic mass is 9.90. The van der Waals surface area contributed by atoms with Crippen molar-refractivity contribution in [3.63, 3.8) is 0 Å². The third-order valence-electron chi connectivity index (χ3n) is 8.12. The molecule has 2 unspecified atom stereocenters. The summed E-state index contributed by atoms with van der Waals surface area (Å²) < 4.78 is 23.8. The summed E-state index contributed by atoms with van der Waals surface area (Å²) in [6.45, 7) is 6.66. The molecule has 1 amide bonds. The fraction of sp³-hybridized carbons (Fsp3) is 0.593. The van der Waals surface area contributed by atoms with Gasteiger partial charge >= 0.3 is 5.69 Å². The number of nitrogens with one attached hydrogen (secondary N) is 1. The first kappa shape index (κ1) is 25.1. The van der Waals surface area contributed by atoms with E-state index in [1.165, 1.54) is 15.7 Å². The fourth-order valence-corrected chi connectivity index (χ4v) is 8.32. The third-order valence-corrected chi connectivity index (χ3v) is 9.99. The van der Waals surface area contributed by atoms with Gasteiger partial charge in [0.25, 0.3) is 8.53 Å². The van der Waals surface area contributed by atoms with Crippen molar-refractivity contribution >= 4 is 20.3 Å². The van der Waals surface area contributed by atoms with E-state index in [0.717, 1.165) is 38.6 Å². The van der Waals surface area contributed by atoms with E-state index in [0.29, 0.717) is 12.5 Å². The number of rotatable bonds is 6. The number of carbonyl (C=O) groups excluding carboxylic acids is 1. The van der Waals surface area contributed by atoms with Crippen molar-refractivity contribution < 1.29 is 18.6 Å². The van der Waals surface area contributed by atoms with E-state index in [9.17, 15) is 9.59 Å². The van der Waals surface area contributed by atoms with E-state index < -0.39 is 20.4 Å². The molecule has 1 aromatic heterocycles. The maximum atomic E-state index is 12.8. The Kier molecular flexibility index (Phi) is 6.70. The van der Waals surface area contributed by atoms with Crippen LogP contribution in [0.4, 0.5) is 5.82 Å². The van der Waals surface area contributed by atoms with Crippen molar-refractivity contribution in [1.29, 1.82) is 0 Å². The highest BCUT2D eigenvalue weighted by Crippen LogP contribution is 2.64. The van der Waals surface area contributed by atoms with Gasteiger partial charge in [0, 0.05) is 44.0 Å². The number of nitrogens with zero attached hydrogens (tertiary/aromatic N) is 3. The Labute approximate surface area is 218 Å². The molecule has 3 saturated heterocycles. The third kappa shape index (κ3) is 4.55. The van der Waals surface area contributed by atoms with E-state index in [-0.39, 0.29) is 35.5 Å². The van der Waals surface area contributed by atoms with Gasteiger partial charge in [0.15, 0.2) is 0 Å². The van der Waals surface area contributed by atoms with Crippen molar-refractivity contribution in [3.8, 4) is 0 Å². The van der Waals surface area contributed by atoms with E-state index in [1.807, 2.05) is 0 Å². The van der Waals surface area contributed by atoms with Crippen molar-refractivity contribution in [2.24, 2.45) is 5.92 Å². The second kappa shape index (κ2) is 9.86. The molecule has 4 heterocycles. The summed E-state index contributed by atoms with van der Waals surface area (Å²) >= 11 is 0. The van der Waals surface area contributed by atoms with Crippen LogP contribution in [-0.2, 0) is 31.4 Å². The van der Waals surface area contributed by atoms with Crippen LogP contribution >= 0.6 is 8.53 Å². The summed E-state index contributed by atoms with van der Waals surface area (Å²) in [5.74, 6) is -0.120. The fourth-order valence-electron chi connectivity index (χ4n) is 6.17. The van der Waals surface area contributed by atoms with Gasteiger partial charge in [0.1, 0.15) is 17.6 Å². The summed E-state index contributed by atoms with van der Waals surface area (Å²) in [6.07, 6.45) is 6.36. The molecule has 0 saturated carbocycles. The van der Waals surface area contributed by atoms with E-state index >= 15 is 0 Å². The number of hydrogen-bond acceptors (Lipinski definition) is 7. The first-order valence-electron chi connectivity index (χ1n) is 13.4. The monoisotopic (exact) mass is 526 g/mol. The van der Waals surface area contributed by atoms with E-state index in [2.05, 4.69) is 46.2 Å². The molecule has 0 radical (unpaired) electrons. The average Bonchev–Trinajstić information content (AvgIpc) is 3.64. The van der Waals surface area contributed by atoms with Crippen LogP contribution in [0.3, 0.4) is 0 Å². The summed E-state index contributed by atoms with van der Waals surface area (Å²) in [5, 5.41) is 2.68. The molecule has 3 aliphatic heterocycles. The number of hydrogen-bond donors (Lipinski definition) is 1. The zero-order valence-corrected chi connectivity index (χ0v) is 22.5. The van der Waals surface area contributed by atoms with Crippen molar-refractivity contribution in [1.82, 2.24) is 14.2 Å². The Morgan fingerprint density at radius 1 is 1.27 bits per heavy atom. The molecule has 3 fully saturated rings. The lowest BCUT2D eigenvalue weighted by Gasteiger charge is -2.27. The molecular weight excluding hydrogens is 491 g/mol. The SMILES string of the molecule is CC[C@H]1O[C@@H](n2ccc(NC(=O)C(C)C)nc2=O)CC1OP1OC2(Cc3ccccc3C2)[C@@H]2CCCN21. The van der Waals surface area contributed by atoms with Crippen LogP contribution in [0.15, 0.2) is 41.3 Å². The van der Waals surface area contributed by atoms with Crippen LogP contribution in [0.5, 0.6) is 0 Å². The number of aromatic nitrogens is 2. The lowest BCUT2D eigenvalue weighted by molar-refractivity contribution is -0.118. The normalized spacial score (nSPS) is 30.2. The summed E-state index contributed by atoms with van der Waals surface area (Å²) in [6, 6.07) is 10.7. The van der Waals surface area contributed by atoms with Crippen LogP contribution in [0.2, 0.25) is 0 Å². The zero-order valence-electron chi connectivity index (χ0n) is 21.6. The molecule has 10 heteroatoms. The van der Waals surface area contributed by atoms with Crippen LogP contribution in [0.25, 0.3) is 0 Å². The Morgan fingerprint density at radius 3 is 2.70 bits per heavy atom. The molecule has 1 N–H and O–H groups in total. The standard InChI is InChI=1S/C27H35N4O5P/c1-4-20-21(14-24(34-20)30-13-11-23(29-26(30)33)28-25(32)17(2)3)35-37-31-12-7-10-22(31)27(36-37)15-18-8-5-6-9-19(18)16-27/h5-6,8-9,11,13,17,20-22,24H,4,7,10,12,14-16H2,1-3H3,(H,28,29,32,33)/t20-,21?,22+,24-,37?/m1/s1. The van der Waals surface area contributed by atoms with Gasteiger partial charge in [-0.05, 0) is 36.5 Å². The zero-order chi connectivity index (χ0) is 25.7.